The molecule has 1 nitrogen and oxygen atoms in total. The highest BCUT2D eigenvalue weighted by Gasteiger charge is 2.28. The lowest BCUT2D eigenvalue weighted by Gasteiger charge is -2.36. The van der Waals surface area contributed by atoms with Crippen molar-refractivity contribution in [2.45, 2.75) is 45.1 Å². The normalized spacial score (nSPS) is 28.3. The molecule has 18 heavy (non-hydrogen) atoms. The van der Waals surface area contributed by atoms with Gasteiger partial charge in [-0.05, 0) is 62.3 Å². The summed E-state index contributed by atoms with van der Waals surface area (Å²) in [4.78, 5) is 0. The number of rotatable bonds is 4. The average molecular weight is 266 g/mol. The molecule has 3 atom stereocenters. The molecular formula is C16H24ClN. The molecule has 2 rings (SSSR count). The molecule has 0 aliphatic heterocycles. The molecule has 3 unspecified atom stereocenters. The van der Waals surface area contributed by atoms with E-state index in [2.05, 4.69) is 37.5 Å². The van der Waals surface area contributed by atoms with Crippen molar-refractivity contribution < 1.29 is 0 Å². The SMILES string of the molecule is CCC1CCC(NC)C(Cc2cccc(Cl)c2)C1. The summed E-state index contributed by atoms with van der Waals surface area (Å²) in [5.41, 5.74) is 1.38. The average Bonchev–Trinajstić information content (AvgIpc) is 2.38. The highest BCUT2D eigenvalue weighted by molar-refractivity contribution is 6.30. The summed E-state index contributed by atoms with van der Waals surface area (Å²) < 4.78 is 0. The Kier molecular flexibility index (Phi) is 5.08. The van der Waals surface area contributed by atoms with Gasteiger partial charge in [0.25, 0.3) is 0 Å². The monoisotopic (exact) mass is 265 g/mol. The van der Waals surface area contributed by atoms with Gasteiger partial charge in [0.05, 0.1) is 0 Å². The lowest BCUT2D eigenvalue weighted by Crippen LogP contribution is -2.39. The van der Waals surface area contributed by atoms with Gasteiger partial charge in [-0.3, -0.25) is 0 Å². The lowest BCUT2D eigenvalue weighted by molar-refractivity contribution is 0.205. The Balaban J connectivity index is 2.04. The zero-order valence-electron chi connectivity index (χ0n) is 11.5. The molecule has 0 aromatic heterocycles. The van der Waals surface area contributed by atoms with Crippen LogP contribution in [0.5, 0.6) is 0 Å². The Labute approximate surface area is 116 Å². The van der Waals surface area contributed by atoms with Crippen LogP contribution in [0, 0.1) is 11.8 Å². The minimum Gasteiger partial charge on any atom is -0.317 e. The van der Waals surface area contributed by atoms with E-state index in [0.717, 1.165) is 23.3 Å². The Bertz CT molecular complexity index is 377. The van der Waals surface area contributed by atoms with E-state index >= 15 is 0 Å². The molecule has 0 bridgehead atoms. The molecule has 100 valence electrons. The van der Waals surface area contributed by atoms with Gasteiger partial charge in [-0.1, -0.05) is 37.1 Å². The van der Waals surface area contributed by atoms with Crippen LogP contribution in [0.4, 0.5) is 0 Å². The van der Waals surface area contributed by atoms with Gasteiger partial charge < -0.3 is 5.32 Å². The molecule has 0 saturated heterocycles. The van der Waals surface area contributed by atoms with Crippen LogP contribution in [-0.2, 0) is 6.42 Å². The van der Waals surface area contributed by atoms with Crippen LogP contribution in [0.3, 0.4) is 0 Å². The van der Waals surface area contributed by atoms with E-state index in [1.165, 1.54) is 31.2 Å². The summed E-state index contributed by atoms with van der Waals surface area (Å²) in [5, 5.41) is 4.36. The van der Waals surface area contributed by atoms with Crippen molar-refractivity contribution in [3.8, 4) is 0 Å². The molecule has 1 aromatic rings. The number of nitrogens with one attached hydrogen (secondary N) is 1. The highest BCUT2D eigenvalue weighted by atomic mass is 35.5. The molecule has 0 radical (unpaired) electrons. The summed E-state index contributed by atoms with van der Waals surface area (Å²) >= 11 is 6.07. The Morgan fingerprint density at radius 3 is 2.83 bits per heavy atom. The fourth-order valence-electron chi connectivity index (χ4n) is 3.30. The number of hydrogen-bond donors (Lipinski definition) is 1. The molecule has 0 heterocycles. The second kappa shape index (κ2) is 6.58. The third-order valence-corrected chi connectivity index (χ3v) is 4.66. The van der Waals surface area contributed by atoms with E-state index in [-0.39, 0.29) is 0 Å². The highest BCUT2D eigenvalue weighted by Crippen LogP contribution is 2.33. The molecule has 1 saturated carbocycles. The molecule has 1 aliphatic rings. The van der Waals surface area contributed by atoms with Gasteiger partial charge in [0, 0.05) is 11.1 Å². The van der Waals surface area contributed by atoms with Crippen LogP contribution in [0.15, 0.2) is 24.3 Å². The molecular weight excluding hydrogens is 242 g/mol. The molecule has 1 fully saturated rings. The zero-order valence-corrected chi connectivity index (χ0v) is 12.2. The minimum atomic E-state index is 0.673. The van der Waals surface area contributed by atoms with Gasteiger partial charge in [0.2, 0.25) is 0 Å². The largest absolute Gasteiger partial charge is 0.317 e. The predicted octanol–water partition coefficient (Wildman–Crippen LogP) is 4.30. The lowest BCUT2D eigenvalue weighted by atomic mass is 9.74. The Morgan fingerprint density at radius 1 is 1.33 bits per heavy atom. The molecule has 2 heteroatoms. The fourth-order valence-corrected chi connectivity index (χ4v) is 3.52. The summed E-state index contributed by atoms with van der Waals surface area (Å²) in [6.07, 6.45) is 6.54. The first kappa shape index (κ1) is 13.9. The van der Waals surface area contributed by atoms with Gasteiger partial charge in [-0.25, -0.2) is 0 Å². The van der Waals surface area contributed by atoms with Crippen LogP contribution in [0.1, 0.15) is 38.2 Å². The van der Waals surface area contributed by atoms with Crippen LogP contribution >= 0.6 is 11.6 Å². The van der Waals surface area contributed by atoms with E-state index in [0.29, 0.717) is 6.04 Å². The first-order valence-corrected chi connectivity index (χ1v) is 7.52. The first-order chi connectivity index (χ1) is 8.72. The number of hydrogen-bond acceptors (Lipinski definition) is 1. The van der Waals surface area contributed by atoms with Gasteiger partial charge in [-0.2, -0.15) is 0 Å². The smallest absolute Gasteiger partial charge is 0.0408 e. The first-order valence-electron chi connectivity index (χ1n) is 7.14. The standard InChI is InChI=1S/C16H24ClN/c1-3-12-7-8-16(18-2)14(9-12)10-13-5-4-6-15(17)11-13/h4-6,11-12,14,16,18H,3,7-10H2,1-2H3. The Morgan fingerprint density at radius 2 is 2.17 bits per heavy atom. The molecule has 0 amide bonds. The minimum absolute atomic E-state index is 0.673. The molecule has 0 spiro atoms. The predicted molar refractivity (Wildman–Crippen MR) is 79.1 cm³/mol. The third kappa shape index (κ3) is 3.49. The van der Waals surface area contributed by atoms with Crippen LogP contribution in [0.2, 0.25) is 5.02 Å². The summed E-state index contributed by atoms with van der Waals surface area (Å²) in [7, 11) is 2.10. The second-order valence-electron chi connectivity index (χ2n) is 5.58. The van der Waals surface area contributed by atoms with Crippen molar-refractivity contribution >= 4 is 11.6 Å². The topological polar surface area (TPSA) is 12.0 Å². The van der Waals surface area contributed by atoms with Crippen molar-refractivity contribution in [1.82, 2.24) is 5.32 Å². The third-order valence-electron chi connectivity index (χ3n) is 4.43. The molecule has 1 N–H and O–H groups in total. The van der Waals surface area contributed by atoms with E-state index in [1.54, 1.807) is 0 Å². The van der Waals surface area contributed by atoms with Crippen LogP contribution in [-0.4, -0.2) is 13.1 Å². The quantitative estimate of drug-likeness (QED) is 0.856. The van der Waals surface area contributed by atoms with Crippen molar-refractivity contribution in [2.24, 2.45) is 11.8 Å². The van der Waals surface area contributed by atoms with Crippen molar-refractivity contribution in [3.05, 3.63) is 34.9 Å². The van der Waals surface area contributed by atoms with Crippen LogP contribution < -0.4 is 5.32 Å². The zero-order chi connectivity index (χ0) is 13.0. The second-order valence-corrected chi connectivity index (χ2v) is 6.01. The number of benzene rings is 1. The maximum atomic E-state index is 6.07. The van der Waals surface area contributed by atoms with E-state index < -0.39 is 0 Å². The number of halogens is 1. The Hall–Kier alpha value is -0.530. The molecule has 1 aromatic carbocycles. The van der Waals surface area contributed by atoms with Crippen LogP contribution in [0.25, 0.3) is 0 Å². The summed E-state index contributed by atoms with van der Waals surface area (Å²) in [5.74, 6) is 1.67. The van der Waals surface area contributed by atoms with E-state index in [9.17, 15) is 0 Å². The summed E-state index contributed by atoms with van der Waals surface area (Å²) in [6.45, 7) is 2.32. The molecule has 1 aliphatic carbocycles. The van der Waals surface area contributed by atoms with E-state index in [1.807, 2.05) is 6.07 Å². The van der Waals surface area contributed by atoms with Gasteiger partial charge >= 0.3 is 0 Å². The van der Waals surface area contributed by atoms with Crippen molar-refractivity contribution in [2.75, 3.05) is 7.05 Å². The maximum Gasteiger partial charge on any atom is 0.0408 e. The van der Waals surface area contributed by atoms with Crippen molar-refractivity contribution in [1.29, 1.82) is 0 Å². The fraction of sp³-hybridized carbons (Fsp3) is 0.625. The van der Waals surface area contributed by atoms with Gasteiger partial charge in [0.15, 0.2) is 0 Å². The van der Waals surface area contributed by atoms with Crippen molar-refractivity contribution in [3.63, 3.8) is 0 Å². The van der Waals surface area contributed by atoms with Gasteiger partial charge in [-0.15, -0.1) is 0 Å². The summed E-state index contributed by atoms with van der Waals surface area (Å²) in [6, 6.07) is 9.01. The maximum absolute atomic E-state index is 6.07. The van der Waals surface area contributed by atoms with Gasteiger partial charge in [0.1, 0.15) is 0 Å². The van der Waals surface area contributed by atoms with E-state index in [4.69, 9.17) is 11.6 Å².